The number of anilines is 1. The van der Waals surface area contributed by atoms with E-state index in [0.29, 0.717) is 18.2 Å². The van der Waals surface area contributed by atoms with Gasteiger partial charge < -0.3 is 10.1 Å². The van der Waals surface area contributed by atoms with Crippen molar-refractivity contribution < 1.29 is 4.74 Å². The first kappa shape index (κ1) is 12.9. The van der Waals surface area contributed by atoms with Gasteiger partial charge in [0.05, 0.1) is 11.8 Å². The quantitative estimate of drug-likeness (QED) is 0.904. The molecule has 19 heavy (non-hydrogen) atoms. The Morgan fingerprint density at radius 2 is 2.16 bits per heavy atom. The molecule has 2 fully saturated rings. The van der Waals surface area contributed by atoms with Crippen molar-refractivity contribution in [3.05, 3.63) is 24.5 Å². The maximum Gasteiger partial charge on any atom is 0.0703 e. The van der Waals surface area contributed by atoms with Gasteiger partial charge in [-0.1, -0.05) is 0 Å². The molecule has 1 aromatic rings. The van der Waals surface area contributed by atoms with Crippen LogP contribution < -0.4 is 5.32 Å². The summed E-state index contributed by atoms with van der Waals surface area (Å²) >= 11 is 0. The molecule has 0 amide bonds. The molecule has 3 rings (SSSR count). The smallest absolute Gasteiger partial charge is 0.0703 e. The van der Waals surface area contributed by atoms with Gasteiger partial charge in [0.1, 0.15) is 0 Å². The number of nitrogens with zero attached hydrogens (tertiary/aromatic N) is 2. The number of piperidine rings is 1. The summed E-state index contributed by atoms with van der Waals surface area (Å²) in [5.41, 5.74) is 1.14. The van der Waals surface area contributed by atoms with Crippen LogP contribution >= 0.6 is 0 Å². The Balaban J connectivity index is 1.49. The molecule has 2 saturated heterocycles. The lowest BCUT2D eigenvalue weighted by Crippen LogP contribution is -2.47. The first-order valence-electron chi connectivity index (χ1n) is 7.35. The average Bonchev–Trinajstić information content (AvgIpc) is 2.87. The number of likely N-dealkylation sites (tertiary alicyclic amines) is 1. The normalized spacial score (nSPS) is 29.5. The number of hydrogen-bond donors (Lipinski definition) is 1. The molecule has 1 aromatic heterocycles. The largest absolute Gasteiger partial charge is 0.381 e. The van der Waals surface area contributed by atoms with Crippen LogP contribution in [0.1, 0.15) is 26.2 Å². The predicted octanol–water partition coefficient (Wildman–Crippen LogP) is 2.14. The Morgan fingerprint density at radius 3 is 2.79 bits per heavy atom. The maximum absolute atomic E-state index is 5.68. The number of rotatable bonds is 3. The van der Waals surface area contributed by atoms with Crippen LogP contribution in [0.15, 0.2) is 24.5 Å². The molecule has 104 valence electrons. The molecule has 2 unspecified atom stereocenters. The lowest BCUT2D eigenvalue weighted by atomic mass is 10.0. The zero-order chi connectivity index (χ0) is 13.1. The molecular weight excluding hydrogens is 238 g/mol. The summed E-state index contributed by atoms with van der Waals surface area (Å²) in [5, 5.41) is 3.58. The van der Waals surface area contributed by atoms with Crippen molar-refractivity contribution in [1.29, 1.82) is 0 Å². The fraction of sp³-hybridized carbons (Fsp3) is 0.667. The molecule has 4 heteroatoms. The molecule has 1 N–H and O–H groups in total. The molecule has 0 bridgehead atoms. The molecule has 2 atom stereocenters. The monoisotopic (exact) mass is 261 g/mol. The Kier molecular flexibility index (Phi) is 3.99. The van der Waals surface area contributed by atoms with E-state index in [4.69, 9.17) is 4.74 Å². The van der Waals surface area contributed by atoms with E-state index in [9.17, 15) is 0 Å². The summed E-state index contributed by atoms with van der Waals surface area (Å²) in [5.74, 6) is 0. The van der Waals surface area contributed by atoms with Crippen LogP contribution in [0.2, 0.25) is 0 Å². The van der Waals surface area contributed by atoms with Crippen molar-refractivity contribution in [2.75, 3.05) is 25.0 Å². The molecule has 0 saturated carbocycles. The van der Waals surface area contributed by atoms with Gasteiger partial charge in [0, 0.05) is 44.2 Å². The molecule has 0 aliphatic carbocycles. The highest BCUT2D eigenvalue weighted by molar-refractivity contribution is 5.40. The number of nitrogens with one attached hydrogen (secondary N) is 1. The number of hydrogen-bond acceptors (Lipinski definition) is 4. The van der Waals surface area contributed by atoms with Crippen molar-refractivity contribution in [1.82, 2.24) is 9.88 Å². The third-order valence-electron chi connectivity index (χ3n) is 4.37. The first-order valence-corrected chi connectivity index (χ1v) is 7.35. The van der Waals surface area contributed by atoms with Crippen molar-refractivity contribution >= 4 is 5.69 Å². The zero-order valence-corrected chi connectivity index (χ0v) is 11.6. The topological polar surface area (TPSA) is 37.4 Å². The average molecular weight is 261 g/mol. The third-order valence-corrected chi connectivity index (χ3v) is 4.37. The SMILES string of the molecule is CC1OCCC1N1CCC(Nc2cccnc2)CC1. The van der Waals surface area contributed by atoms with E-state index in [1.807, 2.05) is 18.5 Å². The summed E-state index contributed by atoms with van der Waals surface area (Å²) < 4.78 is 5.68. The molecule has 0 radical (unpaired) electrons. The van der Waals surface area contributed by atoms with E-state index in [0.717, 1.165) is 12.3 Å². The van der Waals surface area contributed by atoms with Gasteiger partial charge in [0.15, 0.2) is 0 Å². The number of pyridine rings is 1. The van der Waals surface area contributed by atoms with Gasteiger partial charge in [-0.05, 0) is 38.3 Å². The minimum absolute atomic E-state index is 0.405. The minimum Gasteiger partial charge on any atom is -0.381 e. The van der Waals surface area contributed by atoms with Gasteiger partial charge in [-0.25, -0.2) is 0 Å². The van der Waals surface area contributed by atoms with Crippen molar-refractivity contribution in [2.45, 2.75) is 44.4 Å². The number of ether oxygens (including phenoxy) is 1. The van der Waals surface area contributed by atoms with Crippen molar-refractivity contribution in [3.8, 4) is 0 Å². The molecule has 2 aliphatic heterocycles. The van der Waals surface area contributed by atoms with E-state index in [1.165, 1.54) is 32.4 Å². The van der Waals surface area contributed by atoms with Crippen LogP contribution in [0.25, 0.3) is 0 Å². The summed E-state index contributed by atoms with van der Waals surface area (Å²) in [7, 11) is 0. The lowest BCUT2D eigenvalue weighted by molar-refractivity contribution is 0.0641. The summed E-state index contributed by atoms with van der Waals surface area (Å²) in [4.78, 5) is 6.76. The van der Waals surface area contributed by atoms with Crippen LogP contribution in [-0.4, -0.2) is 47.8 Å². The highest BCUT2D eigenvalue weighted by Crippen LogP contribution is 2.24. The minimum atomic E-state index is 0.405. The molecule has 3 heterocycles. The van der Waals surface area contributed by atoms with Gasteiger partial charge in [-0.2, -0.15) is 0 Å². The fourth-order valence-electron chi connectivity index (χ4n) is 3.26. The lowest BCUT2D eigenvalue weighted by Gasteiger charge is -2.37. The molecular formula is C15H23N3O. The second-order valence-electron chi connectivity index (χ2n) is 5.63. The Bertz CT molecular complexity index is 390. The molecule has 2 aliphatic rings. The molecule has 0 aromatic carbocycles. The number of aromatic nitrogens is 1. The maximum atomic E-state index is 5.68. The van der Waals surface area contributed by atoms with Crippen molar-refractivity contribution in [3.63, 3.8) is 0 Å². The highest BCUT2D eigenvalue weighted by atomic mass is 16.5. The van der Waals surface area contributed by atoms with E-state index >= 15 is 0 Å². The Hall–Kier alpha value is -1.13. The molecule has 0 spiro atoms. The van der Waals surface area contributed by atoms with E-state index in [1.54, 1.807) is 0 Å². The van der Waals surface area contributed by atoms with E-state index in [-0.39, 0.29) is 0 Å². The van der Waals surface area contributed by atoms with E-state index in [2.05, 4.69) is 28.2 Å². The predicted molar refractivity (Wildman–Crippen MR) is 76.3 cm³/mol. The second-order valence-corrected chi connectivity index (χ2v) is 5.63. The van der Waals surface area contributed by atoms with E-state index < -0.39 is 0 Å². The van der Waals surface area contributed by atoms with Crippen LogP contribution in [0.4, 0.5) is 5.69 Å². The second kappa shape index (κ2) is 5.88. The standard InChI is InChI=1S/C15H23N3O/c1-12-15(6-10-19-12)18-8-4-13(5-9-18)17-14-3-2-7-16-11-14/h2-3,7,11-13,15,17H,4-6,8-10H2,1H3. The summed E-state index contributed by atoms with van der Waals surface area (Å²) in [6, 6.07) is 5.29. The van der Waals surface area contributed by atoms with Crippen LogP contribution in [-0.2, 0) is 4.74 Å². The van der Waals surface area contributed by atoms with Gasteiger partial charge in [0.2, 0.25) is 0 Å². The van der Waals surface area contributed by atoms with Crippen LogP contribution in [0.5, 0.6) is 0 Å². The highest BCUT2D eigenvalue weighted by Gasteiger charge is 2.32. The first-order chi connectivity index (χ1) is 9.33. The van der Waals surface area contributed by atoms with Gasteiger partial charge in [-0.3, -0.25) is 9.88 Å². The fourth-order valence-corrected chi connectivity index (χ4v) is 3.26. The van der Waals surface area contributed by atoms with Crippen LogP contribution in [0, 0.1) is 0 Å². The Labute approximate surface area is 115 Å². The molecule has 4 nitrogen and oxygen atoms in total. The summed E-state index contributed by atoms with van der Waals surface area (Å²) in [6.45, 7) is 5.49. The van der Waals surface area contributed by atoms with Gasteiger partial charge >= 0.3 is 0 Å². The van der Waals surface area contributed by atoms with Gasteiger partial charge in [-0.15, -0.1) is 0 Å². The zero-order valence-electron chi connectivity index (χ0n) is 11.6. The van der Waals surface area contributed by atoms with Crippen molar-refractivity contribution in [2.24, 2.45) is 0 Å². The Morgan fingerprint density at radius 1 is 1.32 bits per heavy atom. The van der Waals surface area contributed by atoms with Gasteiger partial charge in [0.25, 0.3) is 0 Å². The summed E-state index contributed by atoms with van der Waals surface area (Å²) in [6.07, 6.45) is 7.73. The van der Waals surface area contributed by atoms with Crippen LogP contribution in [0.3, 0.4) is 0 Å². The third kappa shape index (κ3) is 3.07.